The second-order valence-corrected chi connectivity index (χ2v) is 6.59. The molecular weight excluding hydrogens is 284 g/mol. The summed E-state index contributed by atoms with van der Waals surface area (Å²) in [7, 11) is 0. The maximum absolute atomic E-state index is 4.82. The standard InChI is InChI=1S/C19H24N4/c1-2-23-19-16(13-21-23)18(15-10-6-7-11-17(15)22-19)20-12-14-8-4-3-5-9-14/h6-7,10-11,13-14H,2-5,8-9,12H2,1H3,(H,20,22). The first kappa shape index (κ1) is 14.5. The average Bonchev–Trinajstić information content (AvgIpc) is 3.02. The smallest absolute Gasteiger partial charge is 0.160 e. The molecule has 1 aliphatic carbocycles. The molecule has 23 heavy (non-hydrogen) atoms. The molecular formula is C19H24N4. The molecule has 1 fully saturated rings. The summed E-state index contributed by atoms with van der Waals surface area (Å²) in [5.41, 5.74) is 3.23. The Labute approximate surface area is 136 Å². The summed E-state index contributed by atoms with van der Waals surface area (Å²) >= 11 is 0. The van der Waals surface area contributed by atoms with Gasteiger partial charge in [0.1, 0.15) is 0 Å². The number of aryl methyl sites for hydroxylation is 1. The van der Waals surface area contributed by atoms with Gasteiger partial charge in [0.2, 0.25) is 0 Å². The zero-order valence-electron chi connectivity index (χ0n) is 13.8. The highest BCUT2D eigenvalue weighted by Gasteiger charge is 2.16. The van der Waals surface area contributed by atoms with Crippen molar-refractivity contribution in [3.05, 3.63) is 30.5 Å². The second kappa shape index (κ2) is 6.19. The molecule has 120 valence electrons. The molecule has 0 atom stereocenters. The zero-order chi connectivity index (χ0) is 15.6. The Morgan fingerprint density at radius 2 is 1.96 bits per heavy atom. The van der Waals surface area contributed by atoms with Gasteiger partial charge in [-0.2, -0.15) is 5.10 Å². The van der Waals surface area contributed by atoms with E-state index in [9.17, 15) is 0 Å². The van der Waals surface area contributed by atoms with E-state index < -0.39 is 0 Å². The van der Waals surface area contributed by atoms with Crippen molar-refractivity contribution in [3.63, 3.8) is 0 Å². The number of hydrogen-bond acceptors (Lipinski definition) is 3. The van der Waals surface area contributed by atoms with Crippen molar-refractivity contribution in [2.24, 2.45) is 5.92 Å². The molecule has 4 nitrogen and oxygen atoms in total. The van der Waals surface area contributed by atoms with Crippen LogP contribution in [0.3, 0.4) is 0 Å². The van der Waals surface area contributed by atoms with Crippen LogP contribution in [0.1, 0.15) is 39.0 Å². The predicted octanol–water partition coefficient (Wildman–Crippen LogP) is 4.60. The van der Waals surface area contributed by atoms with Gasteiger partial charge < -0.3 is 5.32 Å². The summed E-state index contributed by atoms with van der Waals surface area (Å²) in [6, 6.07) is 8.40. The van der Waals surface area contributed by atoms with Crippen LogP contribution in [-0.2, 0) is 6.54 Å². The summed E-state index contributed by atoms with van der Waals surface area (Å²) < 4.78 is 1.98. The van der Waals surface area contributed by atoms with E-state index in [1.165, 1.54) is 43.2 Å². The minimum atomic E-state index is 0.798. The number of aromatic nitrogens is 3. The number of rotatable bonds is 4. The third-order valence-electron chi connectivity index (χ3n) is 5.07. The third-order valence-corrected chi connectivity index (χ3v) is 5.07. The molecule has 1 N–H and O–H groups in total. The molecule has 2 heterocycles. The number of anilines is 1. The Balaban J connectivity index is 1.76. The number of fused-ring (bicyclic) bond motifs is 2. The molecule has 2 aromatic heterocycles. The number of hydrogen-bond donors (Lipinski definition) is 1. The van der Waals surface area contributed by atoms with Crippen molar-refractivity contribution >= 4 is 27.6 Å². The fourth-order valence-electron chi connectivity index (χ4n) is 3.77. The molecule has 4 heteroatoms. The van der Waals surface area contributed by atoms with Gasteiger partial charge in [-0.25, -0.2) is 9.67 Å². The molecule has 0 spiro atoms. The SMILES string of the molecule is CCn1ncc2c(NCC3CCCCC3)c3ccccc3nc21. The van der Waals surface area contributed by atoms with Gasteiger partial charge in [-0.1, -0.05) is 37.5 Å². The highest BCUT2D eigenvalue weighted by Crippen LogP contribution is 2.32. The minimum absolute atomic E-state index is 0.798. The number of pyridine rings is 1. The highest BCUT2D eigenvalue weighted by molar-refractivity contribution is 6.06. The lowest BCUT2D eigenvalue weighted by molar-refractivity contribution is 0.373. The van der Waals surface area contributed by atoms with Crippen LogP contribution in [0.15, 0.2) is 30.5 Å². The van der Waals surface area contributed by atoms with Crippen LogP contribution in [0.2, 0.25) is 0 Å². The van der Waals surface area contributed by atoms with Gasteiger partial charge in [-0.15, -0.1) is 0 Å². The van der Waals surface area contributed by atoms with Crippen molar-refractivity contribution < 1.29 is 0 Å². The van der Waals surface area contributed by atoms with Crippen LogP contribution >= 0.6 is 0 Å². The Kier molecular flexibility index (Phi) is 3.90. The third kappa shape index (κ3) is 2.67. The lowest BCUT2D eigenvalue weighted by Crippen LogP contribution is -2.17. The summed E-state index contributed by atoms with van der Waals surface area (Å²) in [6.45, 7) is 4.01. The topological polar surface area (TPSA) is 42.7 Å². The van der Waals surface area contributed by atoms with Gasteiger partial charge in [0.25, 0.3) is 0 Å². The summed E-state index contributed by atoms with van der Waals surface area (Å²) in [6.07, 6.45) is 8.84. The van der Waals surface area contributed by atoms with Gasteiger partial charge >= 0.3 is 0 Å². The lowest BCUT2D eigenvalue weighted by atomic mass is 9.89. The number of nitrogens with one attached hydrogen (secondary N) is 1. The van der Waals surface area contributed by atoms with E-state index in [4.69, 9.17) is 4.98 Å². The maximum atomic E-state index is 4.82. The van der Waals surface area contributed by atoms with Crippen LogP contribution < -0.4 is 5.32 Å². The quantitative estimate of drug-likeness (QED) is 0.766. The lowest BCUT2D eigenvalue weighted by Gasteiger charge is -2.23. The van der Waals surface area contributed by atoms with Gasteiger partial charge in [0, 0.05) is 18.5 Å². The number of benzene rings is 1. The van der Waals surface area contributed by atoms with Crippen LogP contribution in [0, 0.1) is 5.92 Å². The molecule has 4 rings (SSSR count). The van der Waals surface area contributed by atoms with Crippen LogP contribution in [0.5, 0.6) is 0 Å². The molecule has 0 saturated heterocycles. The van der Waals surface area contributed by atoms with Gasteiger partial charge in [-0.3, -0.25) is 0 Å². The highest BCUT2D eigenvalue weighted by atomic mass is 15.3. The number of para-hydroxylation sites is 1. The fraction of sp³-hybridized carbons (Fsp3) is 0.474. The van der Waals surface area contributed by atoms with Crippen LogP contribution in [0.25, 0.3) is 21.9 Å². The Morgan fingerprint density at radius 1 is 1.13 bits per heavy atom. The molecule has 0 bridgehead atoms. The van der Waals surface area contributed by atoms with E-state index in [-0.39, 0.29) is 0 Å². The zero-order valence-corrected chi connectivity index (χ0v) is 13.8. The largest absolute Gasteiger partial charge is 0.384 e. The van der Waals surface area contributed by atoms with Crippen molar-refractivity contribution in [1.82, 2.24) is 14.8 Å². The Hall–Kier alpha value is -2.10. The van der Waals surface area contributed by atoms with Gasteiger partial charge in [-0.05, 0) is 31.7 Å². The molecule has 0 aliphatic heterocycles. The Morgan fingerprint density at radius 3 is 2.78 bits per heavy atom. The molecule has 3 aromatic rings. The molecule has 1 aromatic carbocycles. The van der Waals surface area contributed by atoms with E-state index in [2.05, 4.69) is 41.6 Å². The van der Waals surface area contributed by atoms with Crippen LogP contribution in [0.4, 0.5) is 5.69 Å². The van der Waals surface area contributed by atoms with E-state index in [0.29, 0.717) is 0 Å². The fourth-order valence-corrected chi connectivity index (χ4v) is 3.77. The van der Waals surface area contributed by atoms with Gasteiger partial charge in [0.05, 0.1) is 22.8 Å². The minimum Gasteiger partial charge on any atom is -0.384 e. The first-order valence-corrected chi connectivity index (χ1v) is 8.85. The average molecular weight is 308 g/mol. The summed E-state index contributed by atoms with van der Waals surface area (Å²) in [4.78, 5) is 4.82. The molecule has 0 amide bonds. The maximum Gasteiger partial charge on any atom is 0.160 e. The van der Waals surface area contributed by atoms with Crippen molar-refractivity contribution in [2.45, 2.75) is 45.6 Å². The normalized spacial score (nSPS) is 16.2. The Bertz CT molecular complexity index is 815. The molecule has 0 unspecified atom stereocenters. The molecule has 1 aliphatic rings. The van der Waals surface area contributed by atoms with E-state index >= 15 is 0 Å². The van der Waals surface area contributed by atoms with Crippen molar-refractivity contribution in [2.75, 3.05) is 11.9 Å². The second-order valence-electron chi connectivity index (χ2n) is 6.59. The van der Waals surface area contributed by atoms with Gasteiger partial charge in [0.15, 0.2) is 5.65 Å². The monoisotopic (exact) mass is 308 g/mol. The summed E-state index contributed by atoms with van der Waals surface area (Å²) in [5.74, 6) is 0.798. The van der Waals surface area contributed by atoms with Crippen molar-refractivity contribution in [1.29, 1.82) is 0 Å². The first-order valence-electron chi connectivity index (χ1n) is 8.85. The molecule has 0 radical (unpaired) electrons. The van der Waals surface area contributed by atoms with E-state index in [0.717, 1.165) is 35.6 Å². The summed E-state index contributed by atoms with van der Waals surface area (Å²) in [5, 5.41) is 10.6. The predicted molar refractivity (Wildman–Crippen MR) is 95.8 cm³/mol. The van der Waals surface area contributed by atoms with Crippen LogP contribution in [-0.4, -0.2) is 21.3 Å². The van der Waals surface area contributed by atoms with Crippen molar-refractivity contribution in [3.8, 4) is 0 Å². The molecule has 1 saturated carbocycles. The van der Waals surface area contributed by atoms with E-state index in [1.54, 1.807) is 0 Å². The first-order chi connectivity index (χ1) is 11.4. The van der Waals surface area contributed by atoms with E-state index in [1.807, 2.05) is 10.9 Å². The number of nitrogens with zero attached hydrogens (tertiary/aromatic N) is 3.